The Kier molecular flexibility index (Phi) is 7.30. The molecule has 0 atom stereocenters. The minimum absolute atomic E-state index is 0.0866. The minimum Gasteiger partial charge on any atom is -0.497 e. The summed E-state index contributed by atoms with van der Waals surface area (Å²) in [6, 6.07) is 13.6. The topological polar surface area (TPSA) is 83.1 Å². The highest BCUT2D eigenvalue weighted by Gasteiger charge is 2.09. The fourth-order valence-electron chi connectivity index (χ4n) is 2.03. The van der Waals surface area contributed by atoms with Gasteiger partial charge in [0, 0.05) is 5.56 Å². The van der Waals surface area contributed by atoms with Gasteiger partial charge >= 0.3 is 5.97 Å². The first-order valence-corrected chi connectivity index (χ1v) is 7.97. The smallest absolute Gasteiger partial charge is 0.325 e. The molecule has 0 bridgehead atoms. The van der Waals surface area contributed by atoms with Gasteiger partial charge < -0.3 is 24.3 Å². The summed E-state index contributed by atoms with van der Waals surface area (Å²) in [5.41, 5.74) is 0.432. The molecule has 26 heavy (non-hydrogen) atoms. The molecule has 0 aliphatic carbocycles. The molecule has 7 heteroatoms. The Morgan fingerprint density at radius 1 is 0.808 bits per heavy atom. The van der Waals surface area contributed by atoms with Crippen molar-refractivity contribution in [1.29, 1.82) is 0 Å². The van der Waals surface area contributed by atoms with Gasteiger partial charge in [0.25, 0.3) is 5.91 Å². The number of hydrogen-bond donors (Lipinski definition) is 1. The number of carbonyl (C=O) groups is 2. The zero-order chi connectivity index (χ0) is 18.8. The third-order valence-electron chi connectivity index (χ3n) is 3.42. The van der Waals surface area contributed by atoms with Crippen LogP contribution in [0.3, 0.4) is 0 Å². The molecule has 7 nitrogen and oxygen atoms in total. The zero-order valence-corrected chi connectivity index (χ0v) is 14.7. The number of nitrogens with one attached hydrogen (secondary N) is 1. The van der Waals surface area contributed by atoms with Gasteiger partial charge in [-0.1, -0.05) is 0 Å². The summed E-state index contributed by atoms with van der Waals surface area (Å²) in [4.78, 5) is 23.6. The van der Waals surface area contributed by atoms with E-state index in [0.717, 1.165) is 5.75 Å². The lowest BCUT2D eigenvalue weighted by molar-refractivity contribution is -0.143. The molecule has 0 heterocycles. The van der Waals surface area contributed by atoms with Gasteiger partial charge in [-0.2, -0.15) is 0 Å². The zero-order valence-electron chi connectivity index (χ0n) is 14.7. The Balaban J connectivity index is 1.64. The van der Waals surface area contributed by atoms with E-state index in [2.05, 4.69) is 5.32 Å². The molecule has 0 aromatic heterocycles. The van der Waals surface area contributed by atoms with Gasteiger partial charge in [-0.3, -0.25) is 9.59 Å². The molecule has 1 N–H and O–H groups in total. The molecule has 0 saturated heterocycles. The van der Waals surface area contributed by atoms with Crippen LogP contribution in [0.1, 0.15) is 10.4 Å². The van der Waals surface area contributed by atoms with Crippen molar-refractivity contribution in [1.82, 2.24) is 5.32 Å². The number of esters is 1. The van der Waals surface area contributed by atoms with Gasteiger partial charge in [-0.15, -0.1) is 0 Å². The number of carbonyl (C=O) groups excluding carboxylic acids is 2. The predicted molar refractivity (Wildman–Crippen MR) is 94.8 cm³/mol. The van der Waals surface area contributed by atoms with Crippen molar-refractivity contribution in [2.45, 2.75) is 0 Å². The maximum Gasteiger partial charge on any atom is 0.325 e. The van der Waals surface area contributed by atoms with E-state index < -0.39 is 5.97 Å². The van der Waals surface area contributed by atoms with Gasteiger partial charge in [0.05, 0.1) is 14.2 Å². The summed E-state index contributed by atoms with van der Waals surface area (Å²) in [6.07, 6.45) is 0. The number of benzene rings is 2. The van der Waals surface area contributed by atoms with Crippen molar-refractivity contribution < 1.29 is 28.5 Å². The average Bonchev–Trinajstić information content (AvgIpc) is 2.70. The van der Waals surface area contributed by atoms with Crippen LogP contribution < -0.4 is 19.5 Å². The Bertz CT molecular complexity index is 712. The van der Waals surface area contributed by atoms with E-state index in [1.807, 2.05) is 0 Å². The van der Waals surface area contributed by atoms with E-state index in [0.29, 0.717) is 17.1 Å². The standard InChI is InChI=1S/C19H21NO6/c1-23-15-5-3-14(4-6-15)19(22)20-13-18(21)26-12-11-25-17-9-7-16(24-2)8-10-17/h3-10H,11-13H2,1-2H3,(H,20,22). The van der Waals surface area contributed by atoms with Gasteiger partial charge in [0.1, 0.15) is 37.0 Å². The highest BCUT2D eigenvalue weighted by atomic mass is 16.6. The molecule has 0 fully saturated rings. The fraction of sp³-hybridized carbons (Fsp3) is 0.263. The van der Waals surface area contributed by atoms with E-state index in [4.69, 9.17) is 18.9 Å². The normalized spacial score (nSPS) is 9.92. The molecule has 0 spiro atoms. The predicted octanol–water partition coefficient (Wildman–Crippen LogP) is 2.06. The van der Waals surface area contributed by atoms with Crippen LogP contribution in [0.4, 0.5) is 0 Å². The van der Waals surface area contributed by atoms with Crippen LogP contribution in [0.25, 0.3) is 0 Å². The van der Waals surface area contributed by atoms with E-state index >= 15 is 0 Å². The Labute approximate surface area is 151 Å². The highest BCUT2D eigenvalue weighted by molar-refractivity contribution is 5.96. The highest BCUT2D eigenvalue weighted by Crippen LogP contribution is 2.16. The third-order valence-corrected chi connectivity index (χ3v) is 3.42. The van der Waals surface area contributed by atoms with Crippen LogP contribution in [-0.4, -0.2) is 45.9 Å². The van der Waals surface area contributed by atoms with Gasteiger partial charge in [-0.05, 0) is 48.5 Å². The maximum absolute atomic E-state index is 11.9. The Hall–Kier alpha value is -3.22. The molecule has 138 valence electrons. The van der Waals surface area contributed by atoms with E-state index in [1.165, 1.54) is 0 Å². The number of methoxy groups -OCH3 is 2. The molecule has 0 aliphatic heterocycles. The summed E-state index contributed by atoms with van der Waals surface area (Å²) in [6.45, 7) is 0.0845. The van der Waals surface area contributed by atoms with Crippen LogP contribution in [0, 0.1) is 0 Å². The summed E-state index contributed by atoms with van der Waals surface area (Å²) >= 11 is 0. The van der Waals surface area contributed by atoms with Crippen LogP contribution in [0.15, 0.2) is 48.5 Å². The van der Waals surface area contributed by atoms with E-state index in [9.17, 15) is 9.59 Å². The SMILES string of the molecule is COc1ccc(OCCOC(=O)CNC(=O)c2ccc(OC)cc2)cc1. The average molecular weight is 359 g/mol. The van der Waals surface area contributed by atoms with Crippen molar-refractivity contribution >= 4 is 11.9 Å². The fourth-order valence-corrected chi connectivity index (χ4v) is 2.03. The lowest BCUT2D eigenvalue weighted by atomic mass is 10.2. The van der Waals surface area contributed by atoms with E-state index in [1.54, 1.807) is 62.8 Å². The molecule has 0 radical (unpaired) electrons. The molecular weight excluding hydrogens is 338 g/mol. The Morgan fingerprint density at radius 2 is 1.35 bits per heavy atom. The summed E-state index contributed by atoms with van der Waals surface area (Å²) in [7, 11) is 3.13. The molecule has 1 amide bonds. The van der Waals surface area contributed by atoms with E-state index in [-0.39, 0.29) is 25.7 Å². The Morgan fingerprint density at radius 3 is 1.92 bits per heavy atom. The van der Waals surface area contributed by atoms with Crippen LogP contribution >= 0.6 is 0 Å². The second-order valence-electron chi connectivity index (χ2n) is 5.16. The second kappa shape index (κ2) is 9.93. The van der Waals surface area contributed by atoms with Crippen molar-refractivity contribution in [2.24, 2.45) is 0 Å². The first kappa shape index (κ1) is 19.1. The molecule has 0 unspecified atom stereocenters. The molecule has 2 aromatic carbocycles. The number of ether oxygens (including phenoxy) is 4. The second-order valence-corrected chi connectivity index (χ2v) is 5.16. The van der Waals surface area contributed by atoms with Crippen LogP contribution in [0.2, 0.25) is 0 Å². The maximum atomic E-state index is 11.9. The van der Waals surface area contributed by atoms with Crippen molar-refractivity contribution in [3.05, 3.63) is 54.1 Å². The summed E-state index contributed by atoms with van der Waals surface area (Å²) < 4.78 is 20.5. The summed E-state index contributed by atoms with van der Waals surface area (Å²) in [5, 5.41) is 2.50. The lowest BCUT2D eigenvalue weighted by Crippen LogP contribution is -2.31. The third kappa shape index (κ3) is 6.01. The minimum atomic E-state index is -0.537. The van der Waals surface area contributed by atoms with Gasteiger partial charge in [0.15, 0.2) is 0 Å². The largest absolute Gasteiger partial charge is 0.497 e. The number of hydrogen-bond acceptors (Lipinski definition) is 6. The lowest BCUT2D eigenvalue weighted by Gasteiger charge is -2.09. The number of amides is 1. The van der Waals surface area contributed by atoms with Gasteiger partial charge in [0.2, 0.25) is 0 Å². The quantitative estimate of drug-likeness (QED) is 0.545. The molecule has 2 aromatic rings. The van der Waals surface area contributed by atoms with Gasteiger partial charge in [-0.25, -0.2) is 0 Å². The summed E-state index contributed by atoms with van der Waals surface area (Å²) in [5.74, 6) is 1.13. The number of rotatable bonds is 9. The monoisotopic (exact) mass is 359 g/mol. The molecule has 2 rings (SSSR count). The van der Waals surface area contributed by atoms with Crippen molar-refractivity contribution in [3.8, 4) is 17.2 Å². The van der Waals surface area contributed by atoms with Crippen LogP contribution in [0.5, 0.6) is 17.2 Å². The van der Waals surface area contributed by atoms with Crippen molar-refractivity contribution in [3.63, 3.8) is 0 Å². The molecular formula is C19H21NO6. The molecule has 0 saturated carbocycles. The first-order valence-electron chi connectivity index (χ1n) is 7.97. The molecule has 0 aliphatic rings. The van der Waals surface area contributed by atoms with Crippen molar-refractivity contribution in [2.75, 3.05) is 34.0 Å². The first-order chi connectivity index (χ1) is 12.6. The van der Waals surface area contributed by atoms with Crippen LogP contribution in [-0.2, 0) is 9.53 Å².